The van der Waals surface area contributed by atoms with Gasteiger partial charge in [0.1, 0.15) is 0 Å². The van der Waals surface area contributed by atoms with Gasteiger partial charge in [0.15, 0.2) is 0 Å². The SMILES string of the molecule is Nc1cc(-c2ccc3ccccc3n2)nc2ccccc12. The molecule has 0 bridgehead atoms. The van der Waals surface area contributed by atoms with Gasteiger partial charge in [-0.15, -0.1) is 0 Å². The molecule has 3 nitrogen and oxygen atoms in total. The number of para-hydroxylation sites is 2. The maximum Gasteiger partial charge on any atom is 0.0914 e. The van der Waals surface area contributed by atoms with E-state index >= 15 is 0 Å². The average molecular weight is 271 g/mol. The van der Waals surface area contributed by atoms with E-state index in [2.05, 4.69) is 16.0 Å². The number of nitrogens with zero attached hydrogens (tertiary/aromatic N) is 2. The van der Waals surface area contributed by atoms with Crippen molar-refractivity contribution in [3.8, 4) is 11.4 Å². The van der Waals surface area contributed by atoms with Crippen molar-refractivity contribution < 1.29 is 0 Å². The third-order valence-corrected chi connectivity index (χ3v) is 3.61. The van der Waals surface area contributed by atoms with Gasteiger partial charge in [-0.05, 0) is 24.3 Å². The number of pyridine rings is 2. The van der Waals surface area contributed by atoms with Gasteiger partial charge in [-0.25, -0.2) is 9.97 Å². The van der Waals surface area contributed by atoms with Gasteiger partial charge >= 0.3 is 0 Å². The van der Waals surface area contributed by atoms with Crippen LogP contribution >= 0.6 is 0 Å². The van der Waals surface area contributed by atoms with E-state index in [1.54, 1.807) is 0 Å². The molecule has 0 aliphatic rings. The molecule has 4 rings (SSSR count). The zero-order valence-corrected chi connectivity index (χ0v) is 11.3. The molecule has 21 heavy (non-hydrogen) atoms. The van der Waals surface area contributed by atoms with Crippen LogP contribution in [0.1, 0.15) is 0 Å². The molecule has 0 radical (unpaired) electrons. The number of hydrogen-bond donors (Lipinski definition) is 1. The highest BCUT2D eigenvalue weighted by molar-refractivity contribution is 5.92. The van der Waals surface area contributed by atoms with E-state index in [4.69, 9.17) is 5.73 Å². The molecular formula is C18H13N3. The maximum atomic E-state index is 6.14. The average Bonchev–Trinajstić information content (AvgIpc) is 2.54. The number of hydrogen-bond acceptors (Lipinski definition) is 3. The summed E-state index contributed by atoms with van der Waals surface area (Å²) < 4.78 is 0. The highest BCUT2D eigenvalue weighted by Crippen LogP contribution is 2.26. The molecule has 2 aromatic carbocycles. The van der Waals surface area contributed by atoms with Gasteiger partial charge in [-0.2, -0.15) is 0 Å². The summed E-state index contributed by atoms with van der Waals surface area (Å²) in [6.45, 7) is 0. The third-order valence-electron chi connectivity index (χ3n) is 3.61. The summed E-state index contributed by atoms with van der Waals surface area (Å²) in [4.78, 5) is 9.35. The van der Waals surface area contributed by atoms with Gasteiger partial charge in [-0.1, -0.05) is 42.5 Å². The second-order valence-electron chi connectivity index (χ2n) is 5.00. The number of fused-ring (bicyclic) bond motifs is 2. The minimum Gasteiger partial charge on any atom is -0.398 e. The van der Waals surface area contributed by atoms with E-state index in [0.717, 1.165) is 38.9 Å². The van der Waals surface area contributed by atoms with Crippen LogP contribution in [0, 0.1) is 0 Å². The zero-order valence-electron chi connectivity index (χ0n) is 11.3. The lowest BCUT2D eigenvalue weighted by molar-refractivity contribution is 1.32. The number of nitrogen functional groups attached to an aromatic ring is 1. The van der Waals surface area contributed by atoms with Crippen LogP contribution in [0.3, 0.4) is 0 Å². The molecule has 100 valence electrons. The first kappa shape index (κ1) is 11.9. The summed E-state index contributed by atoms with van der Waals surface area (Å²) in [6.07, 6.45) is 0. The smallest absolute Gasteiger partial charge is 0.0914 e. The number of aromatic nitrogens is 2. The van der Waals surface area contributed by atoms with Crippen LogP contribution in [0.2, 0.25) is 0 Å². The summed E-state index contributed by atoms with van der Waals surface area (Å²) >= 11 is 0. The molecule has 0 aliphatic heterocycles. The van der Waals surface area contributed by atoms with E-state index in [-0.39, 0.29) is 0 Å². The highest BCUT2D eigenvalue weighted by Gasteiger charge is 2.07. The summed E-state index contributed by atoms with van der Waals surface area (Å²) in [5.74, 6) is 0. The molecule has 2 N–H and O–H groups in total. The predicted octanol–water partition coefficient (Wildman–Crippen LogP) is 4.03. The van der Waals surface area contributed by atoms with Crippen LogP contribution in [0.25, 0.3) is 33.2 Å². The fraction of sp³-hybridized carbons (Fsp3) is 0. The second kappa shape index (κ2) is 4.56. The topological polar surface area (TPSA) is 51.8 Å². The van der Waals surface area contributed by atoms with Crippen LogP contribution < -0.4 is 5.73 Å². The molecule has 2 aromatic heterocycles. The Morgan fingerprint density at radius 1 is 0.667 bits per heavy atom. The van der Waals surface area contributed by atoms with Gasteiger partial charge in [0.25, 0.3) is 0 Å². The van der Waals surface area contributed by atoms with Gasteiger partial charge < -0.3 is 5.73 Å². The van der Waals surface area contributed by atoms with Gasteiger partial charge in [-0.3, -0.25) is 0 Å². The monoisotopic (exact) mass is 271 g/mol. The summed E-state index contributed by atoms with van der Waals surface area (Å²) in [7, 11) is 0. The molecule has 3 heteroatoms. The number of anilines is 1. The molecule has 0 fully saturated rings. The number of nitrogens with two attached hydrogens (primary N) is 1. The van der Waals surface area contributed by atoms with Gasteiger partial charge in [0.05, 0.1) is 22.4 Å². The van der Waals surface area contributed by atoms with E-state index in [1.165, 1.54) is 0 Å². The van der Waals surface area contributed by atoms with Gasteiger partial charge in [0, 0.05) is 16.5 Å². The van der Waals surface area contributed by atoms with Crippen LogP contribution in [-0.4, -0.2) is 9.97 Å². The molecule has 2 heterocycles. The van der Waals surface area contributed by atoms with Crippen molar-refractivity contribution in [2.45, 2.75) is 0 Å². The lowest BCUT2D eigenvalue weighted by Gasteiger charge is -2.07. The number of rotatable bonds is 1. The Bertz CT molecular complexity index is 961. The molecule has 0 atom stereocenters. The highest BCUT2D eigenvalue weighted by atomic mass is 14.8. The summed E-state index contributed by atoms with van der Waals surface area (Å²) in [5.41, 5.74) is 10.4. The minimum atomic E-state index is 0.727. The van der Waals surface area contributed by atoms with Gasteiger partial charge in [0.2, 0.25) is 0 Å². The quantitative estimate of drug-likeness (QED) is 0.568. The van der Waals surface area contributed by atoms with Crippen LogP contribution in [0.15, 0.2) is 66.7 Å². The Kier molecular flexibility index (Phi) is 2.57. The lowest BCUT2D eigenvalue weighted by Crippen LogP contribution is -1.94. The summed E-state index contributed by atoms with van der Waals surface area (Å²) in [6, 6.07) is 21.9. The van der Waals surface area contributed by atoms with E-state index in [1.807, 2.05) is 60.7 Å². The lowest BCUT2D eigenvalue weighted by atomic mass is 10.1. The Morgan fingerprint density at radius 2 is 1.38 bits per heavy atom. The molecule has 0 saturated carbocycles. The molecule has 0 spiro atoms. The molecule has 0 unspecified atom stereocenters. The second-order valence-corrected chi connectivity index (χ2v) is 5.00. The largest absolute Gasteiger partial charge is 0.398 e. The minimum absolute atomic E-state index is 0.727. The van der Waals surface area contributed by atoms with Crippen LogP contribution in [0.4, 0.5) is 5.69 Å². The van der Waals surface area contributed by atoms with Crippen LogP contribution in [-0.2, 0) is 0 Å². The van der Waals surface area contributed by atoms with Crippen LogP contribution in [0.5, 0.6) is 0 Å². The third kappa shape index (κ3) is 1.99. The standard InChI is InChI=1S/C18H13N3/c19-14-11-18(21-16-8-4-2-6-13(14)16)17-10-9-12-5-1-3-7-15(12)20-17/h1-11H,(H2,19,21). The Labute approximate surface area is 122 Å². The van der Waals surface area contributed by atoms with Crippen molar-refractivity contribution in [2.24, 2.45) is 0 Å². The first-order chi connectivity index (χ1) is 10.3. The predicted molar refractivity (Wildman–Crippen MR) is 86.9 cm³/mol. The van der Waals surface area contributed by atoms with E-state index < -0.39 is 0 Å². The van der Waals surface area contributed by atoms with Crippen molar-refractivity contribution in [1.82, 2.24) is 9.97 Å². The van der Waals surface area contributed by atoms with Crippen molar-refractivity contribution in [3.05, 3.63) is 66.7 Å². The molecular weight excluding hydrogens is 258 g/mol. The van der Waals surface area contributed by atoms with Crippen molar-refractivity contribution in [2.75, 3.05) is 5.73 Å². The fourth-order valence-corrected chi connectivity index (χ4v) is 2.54. The molecule has 4 aromatic rings. The van der Waals surface area contributed by atoms with E-state index in [9.17, 15) is 0 Å². The Morgan fingerprint density at radius 3 is 2.29 bits per heavy atom. The maximum absolute atomic E-state index is 6.14. The molecule has 0 saturated heterocycles. The Hall–Kier alpha value is -2.94. The normalized spacial score (nSPS) is 11.0. The van der Waals surface area contributed by atoms with Crippen molar-refractivity contribution >= 4 is 27.5 Å². The zero-order chi connectivity index (χ0) is 14.2. The molecule has 0 amide bonds. The van der Waals surface area contributed by atoms with Crippen molar-refractivity contribution in [1.29, 1.82) is 0 Å². The fourth-order valence-electron chi connectivity index (χ4n) is 2.54. The summed E-state index contributed by atoms with van der Waals surface area (Å²) in [5, 5.41) is 2.09. The first-order valence-electron chi connectivity index (χ1n) is 6.83. The number of benzene rings is 2. The van der Waals surface area contributed by atoms with Crippen molar-refractivity contribution in [3.63, 3.8) is 0 Å². The van der Waals surface area contributed by atoms with E-state index in [0.29, 0.717) is 0 Å². The molecule has 0 aliphatic carbocycles. The Balaban J connectivity index is 1.95. The first-order valence-corrected chi connectivity index (χ1v) is 6.83.